The van der Waals surface area contributed by atoms with Gasteiger partial charge in [-0.25, -0.2) is 0 Å². The number of aromatic nitrogens is 5. The molecule has 1 amide bonds. The highest BCUT2D eigenvalue weighted by Gasteiger charge is 2.12. The van der Waals surface area contributed by atoms with Crippen LogP contribution in [0.15, 0.2) is 78.2 Å². The third-order valence-electron chi connectivity index (χ3n) is 4.53. The lowest BCUT2D eigenvalue weighted by Crippen LogP contribution is -2.15. The smallest absolute Gasteiger partial charge is 0.234 e. The number of thioether (sulfide) groups is 1. The van der Waals surface area contributed by atoms with Gasteiger partial charge in [-0.3, -0.25) is 9.48 Å². The Morgan fingerprint density at radius 3 is 2.63 bits per heavy atom. The summed E-state index contributed by atoms with van der Waals surface area (Å²) in [6, 6.07) is 19.8. The molecule has 0 radical (unpaired) electrons. The fourth-order valence-electron chi connectivity index (χ4n) is 3.07. The van der Waals surface area contributed by atoms with Crippen molar-refractivity contribution in [2.24, 2.45) is 0 Å². The molecule has 0 aliphatic rings. The molecule has 30 heavy (non-hydrogen) atoms. The van der Waals surface area contributed by atoms with E-state index in [0.29, 0.717) is 13.1 Å². The van der Waals surface area contributed by atoms with E-state index in [2.05, 4.69) is 32.7 Å². The first kappa shape index (κ1) is 19.9. The average molecular weight is 419 g/mol. The van der Waals surface area contributed by atoms with Crippen LogP contribution < -0.4 is 5.32 Å². The van der Waals surface area contributed by atoms with Gasteiger partial charge < -0.3 is 9.88 Å². The minimum atomic E-state index is -0.0804. The maximum atomic E-state index is 12.5. The van der Waals surface area contributed by atoms with Crippen LogP contribution in [0, 0.1) is 6.92 Å². The first-order chi connectivity index (χ1) is 14.7. The molecule has 0 saturated carbocycles. The van der Waals surface area contributed by atoms with Crippen LogP contribution in [0.5, 0.6) is 0 Å². The molecular weight excluding hydrogens is 396 g/mol. The van der Waals surface area contributed by atoms with Crippen LogP contribution in [-0.4, -0.2) is 36.2 Å². The molecule has 4 aromatic rings. The van der Waals surface area contributed by atoms with Crippen molar-refractivity contribution in [1.29, 1.82) is 0 Å². The van der Waals surface area contributed by atoms with Gasteiger partial charge in [0.05, 0.1) is 18.8 Å². The molecule has 0 fully saturated rings. The fraction of sp³-hybridized carbons (Fsp3) is 0.182. The number of anilines is 1. The number of hydrogen-bond donors (Lipinski definition) is 1. The summed E-state index contributed by atoms with van der Waals surface area (Å²) in [7, 11) is 0. The van der Waals surface area contributed by atoms with Crippen molar-refractivity contribution >= 4 is 23.4 Å². The molecule has 0 aliphatic carbocycles. The molecule has 0 atom stereocenters. The number of carbonyl (C=O) groups excluding carboxylic acids is 1. The Bertz CT molecular complexity index is 1110. The van der Waals surface area contributed by atoms with Crippen molar-refractivity contribution in [2.45, 2.75) is 25.2 Å². The number of rotatable bonds is 8. The lowest BCUT2D eigenvalue weighted by atomic mass is 10.2. The van der Waals surface area contributed by atoms with E-state index in [1.165, 1.54) is 17.3 Å². The Morgan fingerprint density at radius 1 is 1.00 bits per heavy atom. The van der Waals surface area contributed by atoms with E-state index in [9.17, 15) is 4.79 Å². The van der Waals surface area contributed by atoms with E-state index in [1.807, 2.05) is 70.9 Å². The van der Waals surface area contributed by atoms with Gasteiger partial charge in [0.15, 0.2) is 5.16 Å². The summed E-state index contributed by atoms with van der Waals surface area (Å²) >= 11 is 1.39. The highest BCUT2D eigenvalue weighted by molar-refractivity contribution is 7.99. The summed E-state index contributed by atoms with van der Waals surface area (Å²) in [6.45, 7) is 3.26. The zero-order chi connectivity index (χ0) is 20.8. The molecular formula is C22H22N6OS. The number of hydrogen-bond acceptors (Lipinski definition) is 5. The van der Waals surface area contributed by atoms with Crippen molar-refractivity contribution in [3.63, 3.8) is 0 Å². The number of nitrogens with zero attached hydrogens (tertiary/aromatic N) is 5. The third kappa shape index (κ3) is 5.15. The largest absolute Gasteiger partial charge is 0.325 e. The number of nitrogens with one attached hydrogen (secondary N) is 1. The quantitative estimate of drug-likeness (QED) is 0.442. The molecule has 0 spiro atoms. The first-order valence-electron chi connectivity index (χ1n) is 9.60. The van der Waals surface area contributed by atoms with Gasteiger partial charge in [0.2, 0.25) is 5.91 Å². The molecule has 8 heteroatoms. The van der Waals surface area contributed by atoms with E-state index in [0.717, 1.165) is 22.2 Å². The Kier molecular flexibility index (Phi) is 6.24. The summed E-state index contributed by atoms with van der Waals surface area (Å²) in [5.74, 6) is 1.01. The van der Waals surface area contributed by atoms with Crippen LogP contribution >= 0.6 is 11.8 Å². The van der Waals surface area contributed by atoms with Gasteiger partial charge in [-0.15, -0.1) is 10.2 Å². The Morgan fingerprint density at radius 2 is 1.83 bits per heavy atom. The van der Waals surface area contributed by atoms with Gasteiger partial charge in [-0.2, -0.15) is 5.10 Å². The van der Waals surface area contributed by atoms with Gasteiger partial charge in [-0.05, 0) is 36.2 Å². The lowest BCUT2D eigenvalue weighted by molar-refractivity contribution is -0.113. The van der Waals surface area contributed by atoms with Gasteiger partial charge in [0.1, 0.15) is 5.82 Å². The Labute approximate surface area is 179 Å². The van der Waals surface area contributed by atoms with Gasteiger partial charge >= 0.3 is 0 Å². The predicted octanol–water partition coefficient (Wildman–Crippen LogP) is 3.61. The highest BCUT2D eigenvalue weighted by atomic mass is 32.2. The van der Waals surface area contributed by atoms with Crippen molar-refractivity contribution < 1.29 is 4.79 Å². The van der Waals surface area contributed by atoms with Crippen LogP contribution in [0.1, 0.15) is 17.0 Å². The van der Waals surface area contributed by atoms with Crippen LogP contribution in [0.3, 0.4) is 0 Å². The van der Waals surface area contributed by atoms with Crippen LogP contribution in [0.25, 0.3) is 0 Å². The van der Waals surface area contributed by atoms with Crippen LogP contribution in [0.2, 0.25) is 0 Å². The van der Waals surface area contributed by atoms with Crippen LogP contribution in [0.4, 0.5) is 5.69 Å². The third-order valence-corrected chi connectivity index (χ3v) is 5.50. The number of aryl methyl sites for hydroxylation is 1. The van der Waals surface area contributed by atoms with Crippen molar-refractivity contribution in [1.82, 2.24) is 24.5 Å². The Hall–Kier alpha value is -3.39. The average Bonchev–Trinajstić information content (AvgIpc) is 3.38. The first-order valence-corrected chi connectivity index (χ1v) is 10.6. The highest BCUT2D eigenvalue weighted by Crippen LogP contribution is 2.19. The molecule has 0 bridgehead atoms. The number of amides is 1. The van der Waals surface area contributed by atoms with E-state index in [1.54, 1.807) is 6.20 Å². The molecule has 0 saturated heterocycles. The molecule has 2 aromatic carbocycles. The molecule has 1 N–H and O–H groups in total. The van der Waals surface area contributed by atoms with E-state index in [4.69, 9.17) is 0 Å². The lowest BCUT2D eigenvalue weighted by Gasteiger charge is -2.09. The summed E-state index contributed by atoms with van der Waals surface area (Å²) in [5.41, 5.74) is 3.01. The number of carbonyl (C=O) groups is 1. The maximum Gasteiger partial charge on any atom is 0.234 e. The van der Waals surface area contributed by atoms with Gasteiger partial charge in [0, 0.05) is 18.1 Å². The molecule has 4 rings (SSSR count). The normalized spacial score (nSPS) is 10.8. The summed E-state index contributed by atoms with van der Waals surface area (Å²) in [6.07, 6.45) is 3.66. The standard InChI is InChI=1S/C22H22N6OS/c1-17-25-26-22(28(17)15-18-7-3-2-4-8-18)30-16-21(29)24-20-10-5-9-19(13-20)14-27-12-6-11-23-27/h2-13H,14-16H2,1H3,(H,24,29). The zero-order valence-electron chi connectivity index (χ0n) is 16.6. The molecule has 2 heterocycles. The van der Waals surface area contributed by atoms with E-state index in [-0.39, 0.29) is 11.7 Å². The fourth-order valence-corrected chi connectivity index (χ4v) is 3.86. The summed E-state index contributed by atoms with van der Waals surface area (Å²) in [4.78, 5) is 12.5. The minimum absolute atomic E-state index is 0.0804. The molecule has 0 aliphatic heterocycles. The van der Waals surface area contributed by atoms with Crippen LogP contribution in [-0.2, 0) is 17.9 Å². The maximum absolute atomic E-state index is 12.5. The van der Waals surface area contributed by atoms with Crippen molar-refractivity contribution in [2.75, 3.05) is 11.1 Å². The van der Waals surface area contributed by atoms with Crippen molar-refractivity contribution in [3.05, 3.63) is 90.0 Å². The monoisotopic (exact) mass is 418 g/mol. The summed E-state index contributed by atoms with van der Waals surface area (Å²) in [5, 5.41) is 16.3. The zero-order valence-corrected chi connectivity index (χ0v) is 17.4. The van der Waals surface area contributed by atoms with Gasteiger partial charge in [-0.1, -0.05) is 54.2 Å². The Balaban J connectivity index is 1.35. The molecule has 152 valence electrons. The second-order valence-electron chi connectivity index (χ2n) is 6.84. The second kappa shape index (κ2) is 9.41. The molecule has 2 aromatic heterocycles. The SMILES string of the molecule is Cc1nnc(SCC(=O)Nc2cccc(Cn3cccn3)c2)n1Cc1ccccc1. The molecule has 7 nitrogen and oxygen atoms in total. The van der Waals surface area contributed by atoms with Gasteiger partial charge in [0.25, 0.3) is 0 Å². The van der Waals surface area contributed by atoms with E-state index >= 15 is 0 Å². The predicted molar refractivity (Wildman–Crippen MR) is 117 cm³/mol. The molecule has 0 unspecified atom stereocenters. The van der Waals surface area contributed by atoms with Crippen molar-refractivity contribution in [3.8, 4) is 0 Å². The van der Waals surface area contributed by atoms with E-state index < -0.39 is 0 Å². The minimum Gasteiger partial charge on any atom is -0.325 e. The summed E-state index contributed by atoms with van der Waals surface area (Å²) < 4.78 is 3.87. The number of benzene rings is 2. The second-order valence-corrected chi connectivity index (χ2v) is 7.78. The topological polar surface area (TPSA) is 77.6 Å².